The summed E-state index contributed by atoms with van der Waals surface area (Å²) in [5.41, 5.74) is 8.92. The van der Waals surface area contributed by atoms with E-state index in [-0.39, 0.29) is 5.60 Å². The molecule has 6 heteroatoms. The number of nitrogen functional groups attached to an aromatic ring is 1. The van der Waals surface area contributed by atoms with Gasteiger partial charge in [0.15, 0.2) is 0 Å². The van der Waals surface area contributed by atoms with Gasteiger partial charge in [0.05, 0.1) is 19.4 Å². The van der Waals surface area contributed by atoms with E-state index in [4.69, 9.17) is 15.2 Å². The first kappa shape index (κ1) is 17.9. The van der Waals surface area contributed by atoms with Crippen molar-refractivity contribution < 1.29 is 9.47 Å². The molecule has 2 aliphatic heterocycles. The minimum absolute atomic E-state index is 0.291. The number of aromatic nitrogens is 2. The van der Waals surface area contributed by atoms with E-state index in [0.717, 1.165) is 56.9 Å². The van der Waals surface area contributed by atoms with E-state index >= 15 is 0 Å². The molecule has 0 unspecified atom stereocenters. The van der Waals surface area contributed by atoms with Crippen molar-refractivity contribution >= 4 is 12.0 Å². The molecular formula is C21H26N4O2. The van der Waals surface area contributed by atoms with Gasteiger partial charge in [-0.3, -0.25) is 4.90 Å². The van der Waals surface area contributed by atoms with Crippen molar-refractivity contribution in [3.8, 4) is 5.75 Å². The van der Waals surface area contributed by atoms with Gasteiger partial charge in [-0.2, -0.15) is 0 Å². The molecule has 1 saturated heterocycles. The molecule has 1 spiro atoms. The van der Waals surface area contributed by atoms with Crippen molar-refractivity contribution in [2.45, 2.75) is 24.9 Å². The molecule has 1 fully saturated rings. The van der Waals surface area contributed by atoms with Gasteiger partial charge >= 0.3 is 0 Å². The Morgan fingerprint density at radius 1 is 1.26 bits per heavy atom. The second-order valence-corrected chi connectivity index (χ2v) is 7.17. The zero-order valence-electron chi connectivity index (χ0n) is 15.7. The van der Waals surface area contributed by atoms with Gasteiger partial charge in [-0.15, -0.1) is 0 Å². The molecule has 1 aromatic carbocycles. The number of piperidine rings is 1. The molecule has 2 N–H and O–H groups in total. The Hall–Kier alpha value is -2.44. The Morgan fingerprint density at radius 2 is 2.04 bits per heavy atom. The topological polar surface area (TPSA) is 73.5 Å². The molecule has 0 radical (unpaired) electrons. The molecule has 0 saturated carbocycles. The Balaban J connectivity index is 1.37. The zero-order chi connectivity index (χ0) is 18.7. The van der Waals surface area contributed by atoms with Gasteiger partial charge in [0.2, 0.25) is 5.95 Å². The third-order valence-electron chi connectivity index (χ3n) is 5.52. The summed E-state index contributed by atoms with van der Waals surface area (Å²) in [6.07, 6.45) is 8.98. The number of fused-ring (bicyclic) bond motifs is 2. The van der Waals surface area contributed by atoms with Crippen molar-refractivity contribution in [3.63, 3.8) is 0 Å². The van der Waals surface area contributed by atoms with E-state index in [1.807, 2.05) is 18.3 Å². The van der Waals surface area contributed by atoms with Gasteiger partial charge in [-0.25, -0.2) is 9.97 Å². The van der Waals surface area contributed by atoms with E-state index < -0.39 is 0 Å². The van der Waals surface area contributed by atoms with E-state index in [1.165, 1.54) is 11.1 Å². The molecule has 2 aliphatic rings. The van der Waals surface area contributed by atoms with Crippen LogP contribution < -0.4 is 10.5 Å². The first-order chi connectivity index (χ1) is 13.2. The van der Waals surface area contributed by atoms with Gasteiger partial charge in [0, 0.05) is 25.8 Å². The molecule has 0 aliphatic carbocycles. The monoisotopic (exact) mass is 366 g/mol. The number of hydrogen-bond acceptors (Lipinski definition) is 6. The second kappa shape index (κ2) is 7.66. The number of nitrogens with two attached hydrogens (primary N) is 1. The average molecular weight is 366 g/mol. The molecule has 0 amide bonds. The number of hydrogen-bond donors (Lipinski definition) is 1. The van der Waals surface area contributed by atoms with Crippen LogP contribution in [0.4, 0.5) is 5.95 Å². The summed E-state index contributed by atoms with van der Waals surface area (Å²) in [6, 6.07) is 8.10. The van der Waals surface area contributed by atoms with Crippen LogP contribution in [0.5, 0.6) is 5.75 Å². The minimum atomic E-state index is -0.291. The fraction of sp³-hybridized carbons (Fsp3) is 0.429. The summed E-state index contributed by atoms with van der Waals surface area (Å²) in [5.74, 6) is 1.22. The molecule has 2 aromatic rings. The molecule has 0 bridgehead atoms. The normalized spacial score (nSPS) is 19.3. The van der Waals surface area contributed by atoms with Gasteiger partial charge < -0.3 is 15.2 Å². The summed E-state index contributed by atoms with van der Waals surface area (Å²) < 4.78 is 11.4. The maximum absolute atomic E-state index is 6.23. The van der Waals surface area contributed by atoms with Crippen LogP contribution in [0.3, 0.4) is 0 Å². The van der Waals surface area contributed by atoms with E-state index in [9.17, 15) is 0 Å². The lowest BCUT2D eigenvalue weighted by Gasteiger charge is -2.43. The average Bonchev–Trinajstić information content (AvgIpc) is 2.71. The fourth-order valence-electron chi connectivity index (χ4n) is 3.95. The highest BCUT2D eigenvalue weighted by Crippen LogP contribution is 2.40. The van der Waals surface area contributed by atoms with Crippen molar-refractivity contribution in [2.75, 3.05) is 39.1 Å². The number of likely N-dealkylation sites (tertiary alicyclic amines) is 1. The standard InChI is InChI=1S/C21H26N4O2/c1-26-18-6-4-16(5-7-18)3-2-11-25-12-9-21(10-13-25)19-17(8-14-27-21)15-23-20(22)24-19/h2-7,15H,8-14H2,1H3,(H2,22,23,24)/b3-2+. The molecule has 1 aromatic heterocycles. The SMILES string of the molecule is COc1ccc(/C=C/CN2CCC3(CC2)OCCc2cnc(N)nc23)cc1. The Labute approximate surface area is 160 Å². The van der Waals surface area contributed by atoms with E-state index in [1.54, 1.807) is 7.11 Å². The summed E-state index contributed by atoms with van der Waals surface area (Å²) in [5, 5.41) is 0. The Morgan fingerprint density at radius 3 is 2.78 bits per heavy atom. The zero-order valence-corrected chi connectivity index (χ0v) is 15.7. The van der Waals surface area contributed by atoms with Crippen LogP contribution in [0.15, 0.2) is 36.5 Å². The first-order valence-electron chi connectivity index (χ1n) is 9.47. The number of methoxy groups -OCH3 is 1. The molecular weight excluding hydrogens is 340 g/mol. The van der Waals surface area contributed by atoms with Crippen molar-refractivity contribution in [1.29, 1.82) is 0 Å². The van der Waals surface area contributed by atoms with E-state index in [0.29, 0.717) is 5.95 Å². The van der Waals surface area contributed by atoms with Crippen molar-refractivity contribution in [2.24, 2.45) is 0 Å². The third-order valence-corrected chi connectivity index (χ3v) is 5.52. The van der Waals surface area contributed by atoms with E-state index in [2.05, 4.69) is 39.2 Å². The summed E-state index contributed by atoms with van der Waals surface area (Å²) >= 11 is 0. The second-order valence-electron chi connectivity index (χ2n) is 7.17. The lowest BCUT2D eigenvalue weighted by atomic mass is 9.83. The lowest BCUT2D eigenvalue weighted by Crippen LogP contribution is -2.47. The smallest absolute Gasteiger partial charge is 0.220 e. The maximum Gasteiger partial charge on any atom is 0.220 e. The van der Waals surface area contributed by atoms with Crippen molar-refractivity contribution in [3.05, 3.63) is 53.4 Å². The summed E-state index contributed by atoms with van der Waals surface area (Å²) in [4.78, 5) is 11.1. The molecule has 142 valence electrons. The van der Waals surface area contributed by atoms with Crippen LogP contribution in [0, 0.1) is 0 Å². The molecule has 0 atom stereocenters. The largest absolute Gasteiger partial charge is 0.497 e. The minimum Gasteiger partial charge on any atom is -0.497 e. The van der Waals surface area contributed by atoms with Crippen molar-refractivity contribution in [1.82, 2.24) is 14.9 Å². The maximum atomic E-state index is 6.23. The van der Waals surface area contributed by atoms with Crippen LogP contribution in [0.2, 0.25) is 0 Å². The van der Waals surface area contributed by atoms with Crippen LogP contribution >= 0.6 is 0 Å². The lowest BCUT2D eigenvalue weighted by molar-refractivity contribution is -0.0998. The summed E-state index contributed by atoms with van der Waals surface area (Å²) in [6.45, 7) is 3.63. The van der Waals surface area contributed by atoms with Crippen LogP contribution in [0.1, 0.15) is 29.7 Å². The van der Waals surface area contributed by atoms with Crippen LogP contribution in [-0.4, -0.2) is 48.2 Å². The molecule has 6 nitrogen and oxygen atoms in total. The summed E-state index contributed by atoms with van der Waals surface area (Å²) in [7, 11) is 1.68. The Bertz CT molecular complexity index is 811. The molecule has 3 heterocycles. The molecule has 4 rings (SSSR count). The first-order valence-corrected chi connectivity index (χ1v) is 9.47. The number of rotatable bonds is 4. The van der Waals surface area contributed by atoms with Gasteiger partial charge in [0.25, 0.3) is 0 Å². The van der Waals surface area contributed by atoms with Gasteiger partial charge in [0.1, 0.15) is 11.4 Å². The highest BCUT2D eigenvalue weighted by atomic mass is 16.5. The van der Waals surface area contributed by atoms with Crippen LogP contribution in [-0.2, 0) is 16.8 Å². The number of benzene rings is 1. The number of ether oxygens (including phenoxy) is 2. The predicted octanol–water partition coefficient (Wildman–Crippen LogP) is 2.64. The quantitative estimate of drug-likeness (QED) is 0.897. The highest BCUT2D eigenvalue weighted by Gasteiger charge is 2.42. The Kier molecular flexibility index (Phi) is 5.09. The number of nitrogens with zero attached hydrogens (tertiary/aromatic N) is 3. The van der Waals surface area contributed by atoms with Gasteiger partial charge in [-0.1, -0.05) is 24.3 Å². The van der Waals surface area contributed by atoms with Gasteiger partial charge in [-0.05, 0) is 42.5 Å². The van der Waals surface area contributed by atoms with Crippen LogP contribution in [0.25, 0.3) is 6.08 Å². The highest BCUT2D eigenvalue weighted by molar-refractivity contribution is 5.50. The fourth-order valence-corrected chi connectivity index (χ4v) is 3.95. The predicted molar refractivity (Wildman–Crippen MR) is 105 cm³/mol. The third kappa shape index (κ3) is 3.82. The molecule has 27 heavy (non-hydrogen) atoms. The number of anilines is 1.